The van der Waals surface area contributed by atoms with Gasteiger partial charge >= 0.3 is 12.1 Å². The van der Waals surface area contributed by atoms with E-state index < -0.39 is 35.5 Å². The molecule has 0 saturated heterocycles. The van der Waals surface area contributed by atoms with Crippen molar-refractivity contribution in [1.29, 1.82) is 0 Å². The van der Waals surface area contributed by atoms with Crippen LogP contribution in [0, 0.1) is 5.41 Å². The molecule has 0 bridgehead atoms. The van der Waals surface area contributed by atoms with Crippen LogP contribution in [0.25, 0.3) is 11.1 Å². The Labute approximate surface area is 193 Å². The fourth-order valence-corrected chi connectivity index (χ4v) is 4.03. The van der Waals surface area contributed by atoms with Crippen molar-refractivity contribution < 1.29 is 29.0 Å². The first-order chi connectivity index (χ1) is 15.6. The minimum Gasteiger partial charge on any atom is -0.480 e. The lowest BCUT2D eigenvalue weighted by Crippen LogP contribution is -2.57. The Morgan fingerprint density at radius 1 is 0.970 bits per heavy atom. The van der Waals surface area contributed by atoms with Crippen LogP contribution < -0.4 is 10.6 Å². The molecule has 0 spiro atoms. The maximum absolute atomic E-state index is 12.8. The lowest BCUT2D eigenvalue weighted by atomic mass is 9.86. The number of hydrogen-bond acceptors (Lipinski definition) is 5. The third-order valence-electron chi connectivity index (χ3n) is 5.68. The van der Waals surface area contributed by atoms with Gasteiger partial charge in [0.2, 0.25) is 5.91 Å². The molecule has 3 rings (SSSR count). The Hall–Kier alpha value is -3.39. The van der Waals surface area contributed by atoms with Gasteiger partial charge in [-0.15, -0.1) is 0 Å². The maximum atomic E-state index is 12.8. The van der Waals surface area contributed by atoms with Crippen LogP contribution >= 0.6 is 0 Å². The molecule has 2 aromatic rings. The first kappa shape index (κ1) is 24.3. The average Bonchev–Trinajstić information content (AvgIpc) is 3.08. The lowest BCUT2D eigenvalue weighted by molar-refractivity contribution is -0.144. The maximum Gasteiger partial charge on any atom is 0.407 e. The van der Waals surface area contributed by atoms with Gasteiger partial charge in [0.05, 0.1) is 6.61 Å². The number of amides is 2. The predicted octanol–water partition coefficient (Wildman–Crippen LogP) is 3.16. The summed E-state index contributed by atoms with van der Waals surface area (Å²) in [5.74, 6) is -1.96. The van der Waals surface area contributed by atoms with E-state index in [0.717, 1.165) is 22.3 Å². The highest BCUT2D eigenvalue weighted by Crippen LogP contribution is 2.44. The number of methoxy groups -OCH3 is 1. The monoisotopic (exact) mass is 454 g/mol. The van der Waals surface area contributed by atoms with Crippen LogP contribution in [0.15, 0.2) is 48.5 Å². The lowest BCUT2D eigenvalue weighted by Gasteiger charge is -2.31. The number of carboxylic acids is 1. The van der Waals surface area contributed by atoms with Crippen LogP contribution in [0.4, 0.5) is 4.79 Å². The number of carbonyl (C=O) groups excluding carboxylic acids is 2. The Morgan fingerprint density at radius 3 is 2.00 bits per heavy atom. The standard InChI is InChI=1S/C25H30N2O6/c1-25(2,3)21(22(28)26-20(14-32-4)23(29)30)27-24(31)33-13-19-17-11-7-5-9-15(17)16-10-6-8-12-18(16)19/h5-12,19-21H,13-14H2,1-4H3,(H,26,28)(H,27,31)(H,29,30)/t20-,21+/m0/s1. The number of alkyl carbamates (subject to hydrolysis) is 1. The van der Waals surface area contributed by atoms with Crippen LogP contribution in [0.2, 0.25) is 0 Å². The van der Waals surface area contributed by atoms with Gasteiger partial charge < -0.3 is 25.2 Å². The topological polar surface area (TPSA) is 114 Å². The molecule has 8 heteroatoms. The molecule has 2 atom stereocenters. The van der Waals surface area contributed by atoms with Gasteiger partial charge in [-0.1, -0.05) is 69.3 Å². The van der Waals surface area contributed by atoms with Crippen molar-refractivity contribution in [3.63, 3.8) is 0 Å². The third kappa shape index (κ3) is 5.51. The van der Waals surface area contributed by atoms with Crippen molar-refractivity contribution in [2.24, 2.45) is 5.41 Å². The van der Waals surface area contributed by atoms with Gasteiger partial charge in [-0.2, -0.15) is 0 Å². The summed E-state index contributed by atoms with van der Waals surface area (Å²) in [5, 5.41) is 14.3. The number of nitrogens with one attached hydrogen (secondary N) is 2. The zero-order chi connectivity index (χ0) is 24.2. The molecular weight excluding hydrogens is 424 g/mol. The molecule has 0 aliphatic heterocycles. The van der Waals surface area contributed by atoms with E-state index >= 15 is 0 Å². The number of benzene rings is 2. The molecule has 8 nitrogen and oxygen atoms in total. The molecule has 0 radical (unpaired) electrons. The van der Waals surface area contributed by atoms with E-state index in [2.05, 4.69) is 10.6 Å². The van der Waals surface area contributed by atoms with Gasteiger partial charge in [-0.25, -0.2) is 9.59 Å². The van der Waals surface area contributed by atoms with Gasteiger partial charge in [0, 0.05) is 13.0 Å². The van der Waals surface area contributed by atoms with Crippen LogP contribution in [-0.2, 0) is 19.1 Å². The summed E-state index contributed by atoms with van der Waals surface area (Å²) in [6.07, 6.45) is -0.745. The van der Waals surface area contributed by atoms with E-state index in [1.807, 2.05) is 48.5 Å². The van der Waals surface area contributed by atoms with Crippen LogP contribution in [-0.4, -0.2) is 55.5 Å². The SMILES string of the molecule is COC[C@H](NC(=O)[C@@H](NC(=O)OCC1c2ccccc2-c2ccccc21)C(C)(C)C)C(=O)O. The number of aliphatic carboxylic acids is 1. The number of carbonyl (C=O) groups is 3. The summed E-state index contributed by atoms with van der Waals surface area (Å²) in [4.78, 5) is 36.8. The van der Waals surface area contributed by atoms with Gasteiger partial charge in [0.15, 0.2) is 6.04 Å². The molecule has 1 aliphatic carbocycles. The number of fused-ring (bicyclic) bond motifs is 3. The van der Waals surface area contributed by atoms with Crippen molar-refractivity contribution in [3.8, 4) is 11.1 Å². The average molecular weight is 455 g/mol. The van der Waals surface area contributed by atoms with Gasteiger partial charge in [0.25, 0.3) is 0 Å². The molecule has 176 valence electrons. The summed E-state index contributed by atoms with van der Waals surface area (Å²) < 4.78 is 10.4. The van der Waals surface area contributed by atoms with Crippen molar-refractivity contribution >= 4 is 18.0 Å². The van der Waals surface area contributed by atoms with E-state index in [-0.39, 0.29) is 19.1 Å². The highest BCUT2D eigenvalue weighted by atomic mass is 16.5. The Kier molecular flexibility index (Phi) is 7.38. The van der Waals surface area contributed by atoms with E-state index in [9.17, 15) is 19.5 Å². The number of ether oxygens (including phenoxy) is 2. The summed E-state index contributed by atoms with van der Waals surface area (Å²) >= 11 is 0. The third-order valence-corrected chi connectivity index (χ3v) is 5.68. The minimum atomic E-state index is -1.23. The molecule has 2 amide bonds. The fraction of sp³-hybridized carbons (Fsp3) is 0.400. The van der Waals surface area contributed by atoms with Crippen molar-refractivity contribution in [1.82, 2.24) is 10.6 Å². The fourth-order valence-electron chi connectivity index (χ4n) is 4.03. The van der Waals surface area contributed by atoms with Crippen molar-refractivity contribution in [2.45, 2.75) is 38.8 Å². The molecule has 2 aromatic carbocycles. The minimum absolute atomic E-state index is 0.108. The number of carboxylic acid groups (broad SMARTS) is 1. The Bertz CT molecular complexity index is 984. The zero-order valence-corrected chi connectivity index (χ0v) is 19.3. The Balaban J connectivity index is 1.69. The van der Waals surface area contributed by atoms with E-state index in [1.54, 1.807) is 20.8 Å². The quantitative estimate of drug-likeness (QED) is 0.565. The van der Waals surface area contributed by atoms with Crippen molar-refractivity contribution in [3.05, 3.63) is 59.7 Å². The zero-order valence-electron chi connectivity index (χ0n) is 19.3. The largest absolute Gasteiger partial charge is 0.480 e. The summed E-state index contributed by atoms with van der Waals surface area (Å²) in [7, 11) is 1.35. The second kappa shape index (κ2) is 10.0. The molecule has 0 saturated carbocycles. The summed E-state index contributed by atoms with van der Waals surface area (Å²) in [6, 6.07) is 13.8. The summed E-state index contributed by atoms with van der Waals surface area (Å²) in [5.41, 5.74) is 3.71. The molecule has 33 heavy (non-hydrogen) atoms. The van der Waals surface area contributed by atoms with Crippen molar-refractivity contribution in [2.75, 3.05) is 20.3 Å². The molecule has 1 aliphatic rings. The van der Waals surface area contributed by atoms with Gasteiger partial charge in [-0.05, 0) is 27.7 Å². The second-order valence-corrected chi connectivity index (χ2v) is 9.12. The van der Waals surface area contributed by atoms with Crippen LogP contribution in [0.5, 0.6) is 0 Å². The first-order valence-corrected chi connectivity index (χ1v) is 10.8. The molecule has 0 aromatic heterocycles. The Morgan fingerprint density at radius 2 is 1.52 bits per heavy atom. The van der Waals surface area contributed by atoms with Crippen LogP contribution in [0.1, 0.15) is 37.8 Å². The van der Waals surface area contributed by atoms with Gasteiger partial charge in [0.1, 0.15) is 12.6 Å². The normalized spacial score (nSPS) is 14.5. The smallest absolute Gasteiger partial charge is 0.407 e. The van der Waals surface area contributed by atoms with E-state index in [0.29, 0.717) is 0 Å². The molecule has 0 unspecified atom stereocenters. The van der Waals surface area contributed by atoms with Gasteiger partial charge in [-0.3, -0.25) is 4.79 Å². The highest BCUT2D eigenvalue weighted by Gasteiger charge is 2.36. The molecule has 0 fully saturated rings. The molecule has 0 heterocycles. The highest BCUT2D eigenvalue weighted by molar-refractivity contribution is 5.90. The molecule has 3 N–H and O–H groups in total. The summed E-state index contributed by atoms with van der Waals surface area (Å²) in [6.45, 7) is 5.23. The second-order valence-electron chi connectivity index (χ2n) is 9.12. The van der Waals surface area contributed by atoms with E-state index in [1.165, 1.54) is 7.11 Å². The predicted molar refractivity (Wildman–Crippen MR) is 123 cm³/mol. The number of hydrogen-bond donors (Lipinski definition) is 3. The van der Waals surface area contributed by atoms with E-state index in [4.69, 9.17) is 9.47 Å². The molecular formula is C25H30N2O6. The van der Waals surface area contributed by atoms with Crippen LogP contribution in [0.3, 0.4) is 0 Å². The first-order valence-electron chi connectivity index (χ1n) is 10.8. The number of rotatable bonds is 8.